The van der Waals surface area contributed by atoms with Crippen LogP contribution in [0.5, 0.6) is 0 Å². The maximum absolute atomic E-state index is 2.50. The Morgan fingerprint density at radius 1 is 0.702 bits per heavy atom. The molecule has 0 fully saturated rings. The first-order valence-electron chi connectivity index (χ1n) is 16.7. The largest absolute Gasteiger partial charge is 0.313 e. The molecule has 6 aromatic rings. The lowest BCUT2D eigenvalue weighted by atomic mass is 9.82. The molecule has 2 heteroatoms. The zero-order valence-electron chi connectivity index (χ0n) is 28.8. The number of nitrogens with zero attached hydrogens (tertiary/aromatic N) is 1. The molecule has 47 heavy (non-hydrogen) atoms. The maximum atomic E-state index is 2.50. The molecule has 0 bridgehead atoms. The van der Waals surface area contributed by atoms with Gasteiger partial charge in [-0.2, -0.15) is 0 Å². The second-order valence-corrected chi connectivity index (χ2v) is 14.8. The van der Waals surface area contributed by atoms with Gasteiger partial charge < -0.3 is 4.57 Å². The summed E-state index contributed by atoms with van der Waals surface area (Å²) in [6.45, 7) is 18.0. The second-order valence-electron chi connectivity index (χ2n) is 13.5. The van der Waals surface area contributed by atoms with E-state index in [1.807, 2.05) is 11.3 Å². The fourth-order valence-corrected chi connectivity index (χ4v) is 8.54. The number of hydrogen-bond acceptors (Lipinski definition) is 1. The number of aromatic nitrogens is 1. The highest BCUT2D eigenvalue weighted by atomic mass is 32.1. The van der Waals surface area contributed by atoms with Gasteiger partial charge in [0.05, 0.1) is 5.52 Å². The van der Waals surface area contributed by atoms with Gasteiger partial charge in [0.2, 0.25) is 0 Å². The first-order chi connectivity index (χ1) is 22.6. The van der Waals surface area contributed by atoms with Gasteiger partial charge in [-0.15, -0.1) is 11.3 Å². The lowest BCUT2D eigenvalue weighted by molar-refractivity contribution is 0.659. The summed E-state index contributed by atoms with van der Waals surface area (Å²) in [5, 5.41) is 2.63. The predicted molar refractivity (Wildman–Crippen MR) is 207 cm³/mol. The molecule has 1 nitrogen and oxygen atoms in total. The third-order valence-electron chi connectivity index (χ3n) is 10.3. The van der Waals surface area contributed by atoms with E-state index in [0.29, 0.717) is 0 Å². The first-order valence-corrected chi connectivity index (χ1v) is 17.5. The molecule has 0 amide bonds. The average molecular weight is 630 g/mol. The summed E-state index contributed by atoms with van der Waals surface area (Å²) < 4.78 is 3.84. The molecular weight excluding hydrogens is 587 g/mol. The number of fused-ring (bicyclic) bond motifs is 5. The lowest BCUT2D eigenvalue weighted by Gasteiger charge is -2.22. The van der Waals surface area contributed by atoms with Crippen LogP contribution in [-0.2, 0) is 5.41 Å². The van der Waals surface area contributed by atoms with Crippen molar-refractivity contribution in [2.24, 2.45) is 0 Å². The number of benzene rings is 4. The number of rotatable bonds is 6. The standard InChI is InChI=1S/C45H43NS/c1-9-10-15-28(2)29(3)20-21-30(4)33-22-25-41-38(26-33)43(44-32(6)47-42-19-14-12-17-37(42)44)31(5)46(41)34-23-24-36-35-16-11-13-18-39(35)45(7,8)40(36)27-34/h9-27H,1-8H3/b10-9-,28-15+,29-20+,30-21+. The van der Waals surface area contributed by atoms with Gasteiger partial charge in [-0.1, -0.05) is 98.8 Å². The van der Waals surface area contributed by atoms with Gasteiger partial charge in [-0.05, 0) is 116 Å². The third kappa shape index (κ3) is 5.07. The molecule has 1 aliphatic carbocycles. The molecule has 0 unspecified atom stereocenters. The van der Waals surface area contributed by atoms with Crippen molar-refractivity contribution in [3.8, 4) is 27.9 Å². The van der Waals surface area contributed by atoms with Crippen molar-refractivity contribution in [1.82, 2.24) is 4.57 Å². The summed E-state index contributed by atoms with van der Waals surface area (Å²) in [6.07, 6.45) is 10.8. The Morgan fingerprint density at radius 3 is 2.23 bits per heavy atom. The minimum Gasteiger partial charge on any atom is -0.313 e. The summed E-state index contributed by atoms with van der Waals surface area (Å²) in [5.74, 6) is 0. The van der Waals surface area contributed by atoms with E-state index >= 15 is 0 Å². The van der Waals surface area contributed by atoms with E-state index in [2.05, 4.69) is 175 Å². The third-order valence-corrected chi connectivity index (χ3v) is 11.3. The van der Waals surface area contributed by atoms with Crippen molar-refractivity contribution in [2.45, 2.75) is 60.8 Å². The quantitative estimate of drug-likeness (QED) is 0.162. The second kappa shape index (κ2) is 11.9. The predicted octanol–water partition coefficient (Wildman–Crippen LogP) is 13.3. The molecule has 234 valence electrons. The van der Waals surface area contributed by atoms with Crippen molar-refractivity contribution in [2.75, 3.05) is 0 Å². The fraction of sp³-hybridized carbons (Fsp3) is 0.200. The lowest BCUT2D eigenvalue weighted by Crippen LogP contribution is -2.15. The minimum atomic E-state index is -0.0527. The molecule has 0 saturated heterocycles. The fourth-order valence-electron chi connectivity index (χ4n) is 7.47. The van der Waals surface area contributed by atoms with Gasteiger partial charge in [0.1, 0.15) is 0 Å². The highest BCUT2D eigenvalue weighted by Gasteiger charge is 2.35. The Hall–Kier alpha value is -4.66. The summed E-state index contributed by atoms with van der Waals surface area (Å²) in [5.41, 5.74) is 17.0. The van der Waals surface area contributed by atoms with Gasteiger partial charge in [0, 0.05) is 48.3 Å². The van der Waals surface area contributed by atoms with Gasteiger partial charge in [-0.3, -0.25) is 0 Å². The summed E-state index contributed by atoms with van der Waals surface area (Å²) in [7, 11) is 0. The van der Waals surface area contributed by atoms with E-state index < -0.39 is 0 Å². The van der Waals surface area contributed by atoms with Crippen molar-refractivity contribution in [1.29, 1.82) is 0 Å². The molecule has 7 rings (SSSR count). The Morgan fingerprint density at radius 2 is 1.43 bits per heavy atom. The maximum Gasteiger partial charge on any atom is 0.0538 e. The van der Waals surface area contributed by atoms with Gasteiger partial charge in [0.25, 0.3) is 0 Å². The average Bonchev–Trinajstić information content (AvgIpc) is 3.64. The molecule has 4 aromatic carbocycles. The van der Waals surface area contributed by atoms with Gasteiger partial charge >= 0.3 is 0 Å². The van der Waals surface area contributed by atoms with E-state index in [9.17, 15) is 0 Å². The topological polar surface area (TPSA) is 4.93 Å². The van der Waals surface area contributed by atoms with Gasteiger partial charge in [0.15, 0.2) is 0 Å². The monoisotopic (exact) mass is 629 g/mol. The van der Waals surface area contributed by atoms with Crippen molar-refractivity contribution < 1.29 is 0 Å². The highest BCUT2D eigenvalue weighted by molar-refractivity contribution is 7.19. The number of aryl methyl sites for hydroxylation is 1. The van der Waals surface area contributed by atoms with E-state index in [4.69, 9.17) is 0 Å². The van der Waals surface area contributed by atoms with Gasteiger partial charge in [-0.25, -0.2) is 0 Å². The Balaban J connectivity index is 1.45. The zero-order valence-corrected chi connectivity index (χ0v) is 29.6. The first kappa shape index (κ1) is 31.0. The van der Waals surface area contributed by atoms with Crippen LogP contribution in [0.25, 0.3) is 54.5 Å². The Labute approximate surface area is 283 Å². The molecule has 0 saturated carbocycles. The highest BCUT2D eigenvalue weighted by Crippen LogP contribution is 2.50. The SMILES string of the molecule is C\C=C/C=C(C)/C(C)=C/C=C(\C)c1ccc2c(c1)c(-c1c(C)sc3ccccc13)c(C)n2-c1ccc2c(c1)C(C)(C)c1ccccc1-2. The normalized spacial score (nSPS) is 14.9. The van der Waals surface area contributed by atoms with Crippen LogP contribution < -0.4 is 0 Å². The molecule has 0 aliphatic heterocycles. The molecule has 1 aliphatic rings. The number of allylic oxidation sites excluding steroid dienone is 8. The summed E-state index contributed by atoms with van der Waals surface area (Å²) in [4.78, 5) is 1.36. The van der Waals surface area contributed by atoms with Crippen LogP contribution in [0.1, 0.15) is 68.8 Å². The van der Waals surface area contributed by atoms with E-state index in [1.165, 1.54) is 92.9 Å². The van der Waals surface area contributed by atoms with Crippen LogP contribution in [0.2, 0.25) is 0 Å². The zero-order chi connectivity index (χ0) is 33.0. The number of hydrogen-bond donors (Lipinski definition) is 0. The number of thiophene rings is 1. The summed E-state index contributed by atoms with van der Waals surface area (Å²) >= 11 is 1.90. The van der Waals surface area contributed by atoms with Crippen LogP contribution in [-0.4, -0.2) is 4.57 Å². The van der Waals surface area contributed by atoms with Crippen molar-refractivity contribution in [3.63, 3.8) is 0 Å². The summed E-state index contributed by atoms with van der Waals surface area (Å²) in [6, 6.07) is 31.9. The van der Waals surface area contributed by atoms with Crippen LogP contribution in [0.3, 0.4) is 0 Å². The molecule has 0 atom stereocenters. The molecule has 0 radical (unpaired) electrons. The van der Waals surface area contributed by atoms with Crippen molar-refractivity contribution in [3.05, 3.63) is 154 Å². The minimum absolute atomic E-state index is 0.0527. The van der Waals surface area contributed by atoms with Crippen LogP contribution in [0.15, 0.2) is 126 Å². The Kier molecular flexibility index (Phi) is 7.81. The van der Waals surface area contributed by atoms with E-state index in [0.717, 1.165) is 0 Å². The van der Waals surface area contributed by atoms with E-state index in [-0.39, 0.29) is 5.41 Å². The van der Waals surface area contributed by atoms with E-state index in [1.54, 1.807) is 0 Å². The smallest absolute Gasteiger partial charge is 0.0538 e. The van der Waals surface area contributed by atoms with Crippen LogP contribution >= 0.6 is 11.3 Å². The molecule has 0 spiro atoms. The molecule has 0 N–H and O–H groups in total. The molecule has 2 aromatic heterocycles. The van der Waals surface area contributed by atoms with Crippen LogP contribution in [0.4, 0.5) is 0 Å². The Bertz CT molecular complexity index is 2330. The molecule has 2 heterocycles. The van der Waals surface area contributed by atoms with Crippen molar-refractivity contribution >= 4 is 37.9 Å². The van der Waals surface area contributed by atoms with Crippen LogP contribution in [0, 0.1) is 13.8 Å². The molecular formula is C45H43NS.